The molecule has 3 unspecified atom stereocenters. The van der Waals surface area contributed by atoms with Gasteiger partial charge in [-0.05, 0) is 42.4 Å². The summed E-state index contributed by atoms with van der Waals surface area (Å²) in [5.41, 5.74) is 0.856. The molecule has 1 aliphatic rings. The molecule has 82 valence electrons. The lowest BCUT2D eigenvalue weighted by atomic mass is 10.1. The zero-order valence-corrected chi connectivity index (χ0v) is 10.1. The summed E-state index contributed by atoms with van der Waals surface area (Å²) in [4.78, 5) is 0.386. The third-order valence-electron chi connectivity index (χ3n) is 3.05. The second kappa shape index (κ2) is 4.20. The molecule has 0 saturated heterocycles. The number of hydrogen-bond acceptors (Lipinski definition) is 0. The lowest BCUT2D eigenvalue weighted by Gasteiger charge is -2.08. The van der Waals surface area contributed by atoms with Gasteiger partial charge in [-0.25, -0.2) is 8.78 Å². The van der Waals surface area contributed by atoms with Crippen LogP contribution < -0.4 is 0 Å². The molecule has 3 heteroatoms. The third kappa shape index (κ3) is 2.57. The van der Waals surface area contributed by atoms with Crippen LogP contribution in [0.1, 0.15) is 18.9 Å². The van der Waals surface area contributed by atoms with Gasteiger partial charge in [-0.3, -0.25) is 0 Å². The Kier molecular flexibility index (Phi) is 3.10. The molecule has 3 atom stereocenters. The molecule has 0 nitrogen and oxygen atoms in total. The van der Waals surface area contributed by atoms with Crippen LogP contribution in [-0.2, 0) is 6.42 Å². The van der Waals surface area contributed by atoms with Crippen LogP contribution in [-0.4, -0.2) is 4.83 Å². The second-order valence-corrected chi connectivity index (χ2v) is 5.52. The van der Waals surface area contributed by atoms with Gasteiger partial charge in [0.2, 0.25) is 0 Å². The summed E-state index contributed by atoms with van der Waals surface area (Å²) in [6, 6.07) is 4.14. The molecule has 1 aromatic rings. The first-order valence-electron chi connectivity index (χ1n) is 5.16. The highest BCUT2D eigenvalue weighted by Gasteiger charge is 2.37. The number of benzene rings is 1. The van der Waals surface area contributed by atoms with E-state index in [2.05, 4.69) is 22.9 Å². The van der Waals surface area contributed by atoms with Gasteiger partial charge in [0.25, 0.3) is 0 Å². The number of halogens is 3. The third-order valence-corrected chi connectivity index (χ3v) is 4.05. The van der Waals surface area contributed by atoms with Gasteiger partial charge < -0.3 is 0 Å². The summed E-state index contributed by atoms with van der Waals surface area (Å²) < 4.78 is 25.6. The highest BCUT2D eigenvalue weighted by molar-refractivity contribution is 9.09. The van der Waals surface area contributed by atoms with E-state index in [0.29, 0.717) is 10.7 Å². The van der Waals surface area contributed by atoms with E-state index in [1.54, 1.807) is 6.07 Å². The van der Waals surface area contributed by atoms with E-state index in [1.807, 2.05) is 0 Å². The van der Waals surface area contributed by atoms with Crippen LogP contribution in [0.3, 0.4) is 0 Å². The van der Waals surface area contributed by atoms with Gasteiger partial charge in [0, 0.05) is 4.83 Å². The van der Waals surface area contributed by atoms with Crippen molar-refractivity contribution >= 4 is 15.9 Å². The molecule has 0 heterocycles. The molecule has 15 heavy (non-hydrogen) atoms. The van der Waals surface area contributed by atoms with E-state index in [4.69, 9.17) is 0 Å². The summed E-state index contributed by atoms with van der Waals surface area (Å²) in [7, 11) is 0. The van der Waals surface area contributed by atoms with E-state index < -0.39 is 11.6 Å². The zero-order chi connectivity index (χ0) is 11.0. The summed E-state index contributed by atoms with van der Waals surface area (Å²) >= 11 is 3.61. The lowest BCUT2D eigenvalue weighted by Crippen LogP contribution is -2.06. The molecule has 0 spiro atoms. The first-order valence-corrected chi connectivity index (χ1v) is 6.07. The molecule has 1 saturated carbocycles. The van der Waals surface area contributed by atoms with Crippen LogP contribution >= 0.6 is 15.9 Å². The van der Waals surface area contributed by atoms with Gasteiger partial charge in [0.1, 0.15) is 0 Å². The van der Waals surface area contributed by atoms with Gasteiger partial charge in [0.05, 0.1) is 0 Å². The van der Waals surface area contributed by atoms with Crippen molar-refractivity contribution in [1.29, 1.82) is 0 Å². The normalized spacial score (nSPS) is 26.4. The summed E-state index contributed by atoms with van der Waals surface area (Å²) in [5, 5.41) is 0. The smallest absolute Gasteiger partial charge is 0.159 e. The van der Waals surface area contributed by atoms with Gasteiger partial charge in [0.15, 0.2) is 11.6 Å². The standard InChI is InChI=1S/C12H13BrF2/c1-7-4-9(7)10(13)5-8-2-3-11(14)12(15)6-8/h2-3,6-7,9-10H,4-5H2,1H3. The van der Waals surface area contributed by atoms with E-state index in [-0.39, 0.29) is 0 Å². The Morgan fingerprint density at radius 1 is 1.40 bits per heavy atom. The number of alkyl halides is 1. The van der Waals surface area contributed by atoms with Gasteiger partial charge in [-0.2, -0.15) is 0 Å². The van der Waals surface area contributed by atoms with E-state index in [1.165, 1.54) is 18.6 Å². The minimum Gasteiger partial charge on any atom is -0.204 e. The average Bonchev–Trinajstić information content (AvgIpc) is 2.89. The summed E-state index contributed by atoms with van der Waals surface area (Å²) in [6.07, 6.45) is 2.01. The fraction of sp³-hybridized carbons (Fsp3) is 0.500. The fourth-order valence-corrected chi connectivity index (χ4v) is 3.01. The lowest BCUT2D eigenvalue weighted by molar-refractivity contribution is 0.506. The Bertz CT molecular complexity index is 365. The van der Waals surface area contributed by atoms with Crippen molar-refractivity contribution in [3.63, 3.8) is 0 Å². The molecule has 1 aromatic carbocycles. The van der Waals surface area contributed by atoms with Crippen molar-refractivity contribution in [2.24, 2.45) is 11.8 Å². The zero-order valence-electron chi connectivity index (χ0n) is 8.51. The molecular formula is C12H13BrF2. The van der Waals surface area contributed by atoms with E-state index in [0.717, 1.165) is 17.9 Å². The van der Waals surface area contributed by atoms with Gasteiger partial charge in [-0.15, -0.1) is 0 Å². The predicted molar refractivity (Wildman–Crippen MR) is 60.0 cm³/mol. The fourth-order valence-electron chi connectivity index (χ4n) is 1.90. The Labute approximate surface area is 96.8 Å². The van der Waals surface area contributed by atoms with Gasteiger partial charge >= 0.3 is 0 Å². The largest absolute Gasteiger partial charge is 0.204 e. The Morgan fingerprint density at radius 3 is 2.60 bits per heavy atom. The van der Waals surface area contributed by atoms with Crippen molar-refractivity contribution in [1.82, 2.24) is 0 Å². The topological polar surface area (TPSA) is 0 Å². The molecule has 1 fully saturated rings. The van der Waals surface area contributed by atoms with Crippen molar-refractivity contribution < 1.29 is 8.78 Å². The quantitative estimate of drug-likeness (QED) is 0.733. The molecule has 0 radical (unpaired) electrons. The molecular weight excluding hydrogens is 262 g/mol. The van der Waals surface area contributed by atoms with Crippen LogP contribution in [0.4, 0.5) is 8.78 Å². The van der Waals surface area contributed by atoms with Gasteiger partial charge in [-0.1, -0.05) is 28.9 Å². The maximum atomic E-state index is 12.9. The minimum atomic E-state index is -0.773. The summed E-state index contributed by atoms with van der Waals surface area (Å²) in [5.74, 6) is -0.0708. The molecule has 0 N–H and O–H groups in total. The van der Waals surface area contributed by atoms with Crippen LogP contribution in [0.25, 0.3) is 0 Å². The molecule has 0 aromatic heterocycles. The monoisotopic (exact) mass is 274 g/mol. The highest BCUT2D eigenvalue weighted by Crippen LogP contribution is 2.44. The van der Waals surface area contributed by atoms with E-state index >= 15 is 0 Å². The second-order valence-electron chi connectivity index (χ2n) is 4.35. The summed E-state index contributed by atoms with van der Waals surface area (Å²) in [6.45, 7) is 2.21. The molecule has 0 aliphatic heterocycles. The number of rotatable bonds is 3. The first kappa shape index (κ1) is 11.1. The minimum absolute atomic E-state index is 0.386. The number of hydrogen-bond donors (Lipinski definition) is 0. The highest BCUT2D eigenvalue weighted by atomic mass is 79.9. The maximum Gasteiger partial charge on any atom is 0.159 e. The maximum absolute atomic E-state index is 12.9. The van der Waals surface area contributed by atoms with Crippen LogP contribution in [0.2, 0.25) is 0 Å². The Balaban J connectivity index is 2.01. The van der Waals surface area contributed by atoms with Crippen molar-refractivity contribution in [3.05, 3.63) is 35.4 Å². The molecule has 0 bridgehead atoms. The van der Waals surface area contributed by atoms with Crippen LogP contribution in [0, 0.1) is 23.5 Å². The Morgan fingerprint density at radius 2 is 2.07 bits per heavy atom. The average molecular weight is 275 g/mol. The van der Waals surface area contributed by atoms with Crippen LogP contribution in [0.15, 0.2) is 18.2 Å². The first-order chi connectivity index (χ1) is 7.08. The molecule has 2 rings (SSSR count). The van der Waals surface area contributed by atoms with Crippen molar-refractivity contribution in [3.8, 4) is 0 Å². The van der Waals surface area contributed by atoms with Crippen molar-refractivity contribution in [2.45, 2.75) is 24.6 Å². The van der Waals surface area contributed by atoms with Crippen LogP contribution in [0.5, 0.6) is 0 Å². The molecule has 1 aliphatic carbocycles. The van der Waals surface area contributed by atoms with Crippen molar-refractivity contribution in [2.75, 3.05) is 0 Å². The Hall–Kier alpha value is -0.440. The van der Waals surface area contributed by atoms with E-state index in [9.17, 15) is 8.78 Å². The SMILES string of the molecule is CC1CC1C(Br)Cc1ccc(F)c(F)c1. The molecule has 0 amide bonds. The predicted octanol–water partition coefficient (Wildman–Crippen LogP) is 3.93.